The average molecular weight is 367 g/mol. The second-order valence-electron chi connectivity index (χ2n) is 6.30. The third-order valence-corrected chi connectivity index (χ3v) is 4.01. The van der Waals surface area contributed by atoms with Gasteiger partial charge in [-0.05, 0) is 45.0 Å². The lowest BCUT2D eigenvalue weighted by atomic mass is 10.1. The topological polar surface area (TPSA) is 89.5 Å². The Morgan fingerprint density at radius 3 is 1.81 bits per heavy atom. The summed E-state index contributed by atoms with van der Waals surface area (Å²) in [5.41, 5.74) is 2.53. The normalized spacial score (nSPS) is 12.6. The number of esters is 1. The monoisotopic (exact) mass is 367 g/mol. The molecule has 2 aromatic carbocycles. The van der Waals surface area contributed by atoms with Crippen LogP contribution in [0, 0.1) is 13.8 Å². The first-order chi connectivity index (χ1) is 12.8. The standard InChI is InChI=1S/C21H21NO5/c1-13-4-8-16(9-5-13)20(25)22-18(12-23)19(15(3)24)27-21(26)17-10-6-14(2)7-11-17/h4-12,18-19H,1-3H3,(H,22,25). The van der Waals surface area contributed by atoms with E-state index >= 15 is 0 Å². The minimum atomic E-state index is -1.41. The lowest BCUT2D eigenvalue weighted by molar-refractivity contribution is -0.129. The van der Waals surface area contributed by atoms with Crippen molar-refractivity contribution in [2.45, 2.75) is 32.9 Å². The lowest BCUT2D eigenvalue weighted by Crippen LogP contribution is -2.49. The maximum Gasteiger partial charge on any atom is 0.338 e. The second kappa shape index (κ2) is 8.89. The molecule has 2 rings (SSSR count). The van der Waals surface area contributed by atoms with E-state index in [4.69, 9.17) is 4.74 Å². The fraction of sp³-hybridized carbons (Fsp3) is 0.238. The average Bonchev–Trinajstić information content (AvgIpc) is 2.65. The Balaban J connectivity index is 2.14. The molecule has 27 heavy (non-hydrogen) atoms. The van der Waals surface area contributed by atoms with E-state index in [1.807, 2.05) is 13.8 Å². The quantitative estimate of drug-likeness (QED) is 0.600. The third-order valence-electron chi connectivity index (χ3n) is 4.01. The van der Waals surface area contributed by atoms with E-state index in [2.05, 4.69) is 5.32 Å². The molecular weight excluding hydrogens is 346 g/mol. The van der Waals surface area contributed by atoms with Gasteiger partial charge in [0.15, 0.2) is 11.9 Å². The molecule has 0 heterocycles. The molecule has 2 unspecified atom stereocenters. The summed E-state index contributed by atoms with van der Waals surface area (Å²) in [4.78, 5) is 48.0. The lowest BCUT2D eigenvalue weighted by Gasteiger charge is -2.22. The number of rotatable bonds is 7. The molecule has 0 saturated heterocycles. The van der Waals surface area contributed by atoms with Crippen LogP contribution in [0.25, 0.3) is 0 Å². The van der Waals surface area contributed by atoms with E-state index in [0.29, 0.717) is 11.8 Å². The molecule has 2 atom stereocenters. The van der Waals surface area contributed by atoms with Crippen LogP contribution in [0.2, 0.25) is 0 Å². The van der Waals surface area contributed by atoms with Gasteiger partial charge in [0.25, 0.3) is 5.91 Å². The van der Waals surface area contributed by atoms with Crippen LogP contribution in [0.1, 0.15) is 38.8 Å². The number of Topliss-reactive ketones (excluding diaryl/α,β-unsaturated/α-hetero) is 1. The smallest absolute Gasteiger partial charge is 0.338 e. The fourth-order valence-electron chi connectivity index (χ4n) is 2.40. The van der Waals surface area contributed by atoms with Crippen LogP contribution in [0.5, 0.6) is 0 Å². The predicted molar refractivity (Wildman–Crippen MR) is 99.6 cm³/mol. The Kier molecular flexibility index (Phi) is 6.60. The molecule has 0 radical (unpaired) electrons. The van der Waals surface area contributed by atoms with Crippen LogP contribution in [-0.2, 0) is 14.3 Å². The number of ketones is 1. The number of carbonyl (C=O) groups excluding carboxylic acids is 4. The van der Waals surface area contributed by atoms with E-state index in [9.17, 15) is 19.2 Å². The molecular formula is C21H21NO5. The summed E-state index contributed by atoms with van der Waals surface area (Å²) in [5.74, 6) is -1.83. The van der Waals surface area contributed by atoms with E-state index in [1.165, 1.54) is 6.92 Å². The highest BCUT2D eigenvalue weighted by molar-refractivity contribution is 5.98. The van der Waals surface area contributed by atoms with E-state index in [1.54, 1.807) is 48.5 Å². The van der Waals surface area contributed by atoms with Crippen molar-refractivity contribution >= 4 is 23.9 Å². The van der Waals surface area contributed by atoms with E-state index in [0.717, 1.165) is 11.1 Å². The molecule has 0 fully saturated rings. The highest BCUT2D eigenvalue weighted by Gasteiger charge is 2.31. The summed E-state index contributed by atoms with van der Waals surface area (Å²) in [5, 5.41) is 2.44. The van der Waals surface area contributed by atoms with Crippen molar-refractivity contribution in [1.29, 1.82) is 0 Å². The summed E-state index contributed by atoms with van der Waals surface area (Å²) >= 11 is 0. The zero-order chi connectivity index (χ0) is 20.0. The molecule has 0 aliphatic heterocycles. The molecule has 0 aromatic heterocycles. The van der Waals surface area contributed by atoms with Crippen LogP contribution >= 0.6 is 0 Å². The highest BCUT2D eigenvalue weighted by Crippen LogP contribution is 2.10. The molecule has 1 N–H and O–H groups in total. The largest absolute Gasteiger partial charge is 0.448 e. The van der Waals surface area contributed by atoms with Crippen molar-refractivity contribution in [2.75, 3.05) is 0 Å². The van der Waals surface area contributed by atoms with Gasteiger partial charge in [-0.3, -0.25) is 9.59 Å². The van der Waals surface area contributed by atoms with Gasteiger partial charge in [0.1, 0.15) is 12.3 Å². The van der Waals surface area contributed by atoms with Crippen molar-refractivity contribution in [3.63, 3.8) is 0 Å². The summed E-state index contributed by atoms with van der Waals surface area (Å²) in [6.45, 7) is 4.95. The van der Waals surface area contributed by atoms with Crippen molar-refractivity contribution < 1.29 is 23.9 Å². The zero-order valence-electron chi connectivity index (χ0n) is 15.4. The predicted octanol–water partition coefficient (Wildman–Crippen LogP) is 2.42. The van der Waals surface area contributed by atoms with Crippen LogP contribution in [-0.4, -0.2) is 36.1 Å². The van der Waals surface area contributed by atoms with Gasteiger partial charge in [0.2, 0.25) is 0 Å². The minimum absolute atomic E-state index is 0.251. The SMILES string of the molecule is CC(=O)C(OC(=O)c1ccc(C)cc1)C(C=O)NC(=O)c1ccc(C)cc1. The summed E-state index contributed by atoms with van der Waals surface area (Å²) < 4.78 is 5.21. The Morgan fingerprint density at radius 2 is 1.37 bits per heavy atom. The Hall–Kier alpha value is -3.28. The zero-order valence-corrected chi connectivity index (χ0v) is 15.4. The Labute approximate surface area is 157 Å². The molecule has 1 amide bonds. The molecule has 140 valence electrons. The van der Waals surface area contributed by atoms with Gasteiger partial charge in [-0.15, -0.1) is 0 Å². The van der Waals surface area contributed by atoms with Gasteiger partial charge in [-0.2, -0.15) is 0 Å². The van der Waals surface area contributed by atoms with Crippen LogP contribution in [0.15, 0.2) is 48.5 Å². The number of ether oxygens (including phenoxy) is 1. The first-order valence-electron chi connectivity index (χ1n) is 8.42. The van der Waals surface area contributed by atoms with Gasteiger partial charge in [0, 0.05) is 5.56 Å². The summed E-state index contributed by atoms with van der Waals surface area (Å²) in [6.07, 6.45) is -1.02. The Morgan fingerprint density at radius 1 is 0.889 bits per heavy atom. The maximum absolute atomic E-state index is 12.3. The summed E-state index contributed by atoms with van der Waals surface area (Å²) in [7, 11) is 0. The molecule has 2 aromatic rings. The third kappa shape index (κ3) is 5.34. The van der Waals surface area contributed by atoms with Crippen molar-refractivity contribution in [3.8, 4) is 0 Å². The van der Waals surface area contributed by atoms with E-state index in [-0.39, 0.29) is 5.56 Å². The number of carbonyl (C=O) groups is 4. The molecule has 0 saturated carbocycles. The minimum Gasteiger partial charge on any atom is -0.448 e. The van der Waals surface area contributed by atoms with Crippen LogP contribution in [0.3, 0.4) is 0 Å². The van der Waals surface area contributed by atoms with E-state index < -0.39 is 29.8 Å². The molecule has 0 bridgehead atoms. The van der Waals surface area contributed by atoms with Gasteiger partial charge >= 0.3 is 5.97 Å². The maximum atomic E-state index is 12.3. The first-order valence-corrected chi connectivity index (χ1v) is 8.42. The van der Waals surface area contributed by atoms with Crippen molar-refractivity contribution in [1.82, 2.24) is 5.32 Å². The summed E-state index contributed by atoms with van der Waals surface area (Å²) in [6, 6.07) is 12.0. The molecule has 6 nitrogen and oxygen atoms in total. The molecule has 6 heteroatoms. The number of hydrogen-bond acceptors (Lipinski definition) is 5. The second-order valence-corrected chi connectivity index (χ2v) is 6.30. The van der Waals surface area contributed by atoms with Gasteiger partial charge < -0.3 is 14.8 Å². The van der Waals surface area contributed by atoms with Gasteiger partial charge in [-0.25, -0.2) is 4.79 Å². The highest BCUT2D eigenvalue weighted by atomic mass is 16.5. The van der Waals surface area contributed by atoms with Gasteiger partial charge in [-0.1, -0.05) is 35.4 Å². The van der Waals surface area contributed by atoms with Crippen LogP contribution in [0.4, 0.5) is 0 Å². The fourth-order valence-corrected chi connectivity index (χ4v) is 2.40. The Bertz CT molecular complexity index is 840. The number of aryl methyl sites for hydroxylation is 2. The van der Waals surface area contributed by atoms with Crippen molar-refractivity contribution in [2.24, 2.45) is 0 Å². The van der Waals surface area contributed by atoms with Crippen LogP contribution < -0.4 is 5.32 Å². The molecule has 0 spiro atoms. The molecule has 0 aliphatic carbocycles. The molecule has 0 aliphatic rings. The first kappa shape index (κ1) is 20.0. The number of amides is 1. The number of nitrogens with one attached hydrogen (secondary N) is 1. The number of aldehydes is 1. The number of hydrogen-bond donors (Lipinski definition) is 1. The number of benzene rings is 2. The van der Waals surface area contributed by atoms with Crippen molar-refractivity contribution in [3.05, 3.63) is 70.8 Å². The van der Waals surface area contributed by atoms with Gasteiger partial charge in [0.05, 0.1) is 5.56 Å².